The Morgan fingerprint density at radius 3 is 2.86 bits per heavy atom. The van der Waals surface area contributed by atoms with Gasteiger partial charge in [0.05, 0.1) is 38.5 Å². The van der Waals surface area contributed by atoms with Crippen molar-refractivity contribution in [2.75, 3.05) is 57.9 Å². The summed E-state index contributed by atoms with van der Waals surface area (Å²) in [5.41, 5.74) is -0.396. The number of nitrogens with zero attached hydrogens (tertiary/aromatic N) is 4. The standard InChI is InChI=1S/C19H31N5O4/c1-15-13-23(14-19(28-15)4-10-27-16(19)2)18(25)20-17-3-5-24(21-17)7-6-22-8-11-26-12-9-22/h3,5,15-16H,4,6-14H2,1-2H3,(H,20,21,25). The van der Waals surface area contributed by atoms with Crippen LogP contribution in [0.3, 0.4) is 0 Å². The fraction of sp³-hybridized carbons (Fsp3) is 0.789. The van der Waals surface area contributed by atoms with Crippen LogP contribution < -0.4 is 5.32 Å². The molecule has 3 saturated heterocycles. The molecule has 3 unspecified atom stereocenters. The molecule has 0 bridgehead atoms. The van der Waals surface area contributed by atoms with Crippen LogP contribution in [0.15, 0.2) is 12.3 Å². The van der Waals surface area contributed by atoms with Crippen LogP contribution in [-0.2, 0) is 20.8 Å². The lowest BCUT2D eigenvalue weighted by atomic mass is 9.93. The van der Waals surface area contributed by atoms with Crippen LogP contribution in [0.2, 0.25) is 0 Å². The lowest BCUT2D eigenvalue weighted by Gasteiger charge is -2.44. The van der Waals surface area contributed by atoms with Crippen molar-refractivity contribution in [1.82, 2.24) is 19.6 Å². The van der Waals surface area contributed by atoms with E-state index < -0.39 is 5.60 Å². The number of ether oxygens (including phenoxy) is 3. The average molecular weight is 393 g/mol. The second kappa shape index (κ2) is 8.36. The molecule has 3 aliphatic rings. The molecule has 156 valence electrons. The van der Waals surface area contributed by atoms with E-state index in [9.17, 15) is 4.79 Å². The van der Waals surface area contributed by atoms with Gasteiger partial charge in [0, 0.05) is 51.5 Å². The monoisotopic (exact) mass is 393 g/mol. The van der Waals surface area contributed by atoms with E-state index in [4.69, 9.17) is 14.2 Å². The number of hydrogen-bond donors (Lipinski definition) is 1. The quantitative estimate of drug-likeness (QED) is 0.823. The van der Waals surface area contributed by atoms with E-state index in [-0.39, 0.29) is 18.2 Å². The Morgan fingerprint density at radius 1 is 1.29 bits per heavy atom. The molecule has 3 atom stereocenters. The van der Waals surface area contributed by atoms with Gasteiger partial charge in [-0.2, -0.15) is 5.10 Å². The first kappa shape index (κ1) is 19.6. The maximum absolute atomic E-state index is 12.8. The van der Waals surface area contributed by atoms with E-state index in [1.165, 1.54) is 0 Å². The number of nitrogens with one attached hydrogen (secondary N) is 1. The Hall–Kier alpha value is -1.68. The van der Waals surface area contributed by atoms with Gasteiger partial charge in [0.25, 0.3) is 0 Å². The van der Waals surface area contributed by atoms with Crippen molar-refractivity contribution in [1.29, 1.82) is 0 Å². The summed E-state index contributed by atoms with van der Waals surface area (Å²) in [5.74, 6) is 0.580. The smallest absolute Gasteiger partial charge is 0.323 e. The molecule has 1 spiro atoms. The van der Waals surface area contributed by atoms with Crippen molar-refractivity contribution in [3.05, 3.63) is 12.3 Å². The number of morpholine rings is 2. The maximum Gasteiger partial charge on any atom is 0.323 e. The number of aromatic nitrogens is 2. The summed E-state index contributed by atoms with van der Waals surface area (Å²) in [5, 5.41) is 7.43. The van der Waals surface area contributed by atoms with Gasteiger partial charge in [-0.3, -0.25) is 14.9 Å². The van der Waals surface area contributed by atoms with Crippen LogP contribution >= 0.6 is 0 Å². The van der Waals surface area contributed by atoms with Gasteiger partial charge in [-0.25, -0.2) is 4.79 Å². The Bertz CT molecular complexity index is 677. The van der Waals surface area contributed by atoms with E-state index in [1.54, 1.807) is 0 Å². The Labute approximate surface area is 165 Å². The molecule has 1 N–H and O–H groups in total. The first-order valence-electron chi connectivity index (χ1n) is 10.2. The van der Waals surface area contributed by atoms with E-state index in [0.717, 1.165) is 45.8 Å². The highest BCUT2D eigenvalue weighted by atomic mass is 16.6. The molecule has 0 radical (unpaired) electrons. The van der Waals surface area contributed by atoms with Crippen LogP contribution in [0, 0.1) is 0 Å². The number of anilines is 1. The summed E-state index contributed by atoms with van der Waals surface area (Å²) in [7, 11) is 0. The minimum atomic E-state index is -0.396. The van der Waals surface area contributed by atoms with E-state index >= 15 is 0 Å². The van der Waals surface area contributed by atoms with Gasteiger partial charge in [-0.15, -0.1) is 0 Å². The number of amides is 2. The molecule has 4 rings (SSSR count). The largest absolute Gasteiger partial charge is 0.379 e. The van der Waals surface area contributed by atoms with Crippen molar-refractivity contribution < 1.29 is 19.0 Å². The molecule has 9 nitrogen and oxygen atoms in total. The molecule has 4 heterocycles. The third kappa shape index (κ3) is 4.32. The summed E-state index contributed by atoms with van der Waals surface area (Å²) in [6.07, 6.45) is 2.70. The van der Waals surface area contributed by atoms with Crippen molar-refractivity contribution in [3.8, 4) is 0 Å². The summed E-state index contributed by atoms with van der Waals surface area (Å²) in [4.78, 5) is 17.0. The second-order valence-electron chi connectivity index (χ2n) is 7.99. The van der Waals surface area contributed by atoms with E-state index in [1.807, 2.05) is 35.7 Å². The minimum absolute atomic E-state index is 0.00931. The molecule has 0 aliphatic carbocycles. The van der Waals surface area contributed by atoms with Crippen molar-refractivity contribution in [2.24, 2.45) is 0 Å². The topological polar surface area (TPSA) is 81.1 Å². The molecule has 3 fully saturated rings. The Kier molecular flexibility index (Phi) is 5.86. The molecule has 9 heteroatoms. The molecule has 1 aromatic rings. The molecule has 28 heavy (non-hydrogen) atoms. The van der Waals surface area contributed by atoms with E-state index in [0.29, 0.717) is 25.5 Å². The van der Waals surface area contributed by atoms with Crippen LogP contribution in [0.1, 0.15) is 20.3 Å². The van der Waals surface area contributed by atoms with Crippen LogP contribution in [0.5, 0.6) is 0 Å². The lowest BCUT2D eigenvalue weighted by Crippen LogP contribution is -2.60. The zero-order valence-electron chi connectivity index (χ0n) is 16.8. The molecule has 3 aliphatic heterocycles. The highest BCUT2D eigenvalue weighted by Crippen LogP contribution is 2.35. The predicted molar refractivity (Wildman–Crippen MR) is 103 cm³/mol. The summed E-state index contributed by atoms with van der Waals surface area (Å²) < 4.78 is 19.2. The molecular formula is C19H31N5O4. The highest BCUT2D eigenvalue weighted by molar-refractivity contribution is 5.88. The zero-order valence-corrected chi connectivity index (χ0v) is 16.8. The average Bonchev–Trinajstić information content (AvgIpc) is 3.27. The molecule has 2 amide bonds. The van der Waals surface area contributed by atoms with Crippen LogP contribution in [0.4, 0.5) is 10.6 Å². The Balaban J connectivity index is 1.31. The first-order chi connectivity index (χ1) is 13.5. The van der Waals surface area contributed by atoms with Crippen molar-refractivity contribution in [3.63, 3.8) is 0 Å². The van der Waals surface area contributed by atoms with Gasteiger partial charge < -0.3 is 19.1 Å². The van der Waals surface area contributed by atoms with Gasteiger partial charge in [0.2, 0.25) is 0 Å². The van der Waals surface area contributed by atoms with Gasteiger partial charge in [0.1, 0.15) is 5.60 Å². The zero-order chi connectivity index (χ0) is 19.6. The highest BCUT2D eigenvalue weighted by Gasteiger charge is 2.48. The third-order valence-electron chi connectivity index (χ3n) is 5.92. The normalized spacial score (nSPS) is 31.4. The second-order valence-corrected chi connectivity index (χ2v) is 7.99. The van der Waals surface area contributed by atoms with Crippen LogP contribution in [0.25, 0.3) is 0 Å². The van der Waals surface area contributed by atoms with Crippen molar-refractivity contribution in [2.45, 2.75) is 44.6 Å². The SMILES string of the molecule is CC1CN(C(=O)Nc2ccn(CCN3CCOCC3)n2)CC2(CCOC2C)O1. The van der Waals surface area contributed by atoms with Crippen molar-refractivity contribution >= 4 is 11.8 Å². The van der Waals surface area contributed by atoms with E-state index in [2.05, 4.69) is 15.3 Å². The lowest BCUT2D eigenvalue weighted by molar-refractivity contribution is -0.159. The third-order valence-corrected chi connectivity index (χ3v) is 5.92. The van der Waals surface area contributed by atoms with Crippen LogP contribution in [-0.4, -0.2) is 96.0 Å². The molecular weight excluding hydrogens is 362 g/mol. The summed E-state index contributed by atoms with van der Waals surface area (Å²) in [6, 6.07) is 1.71. The number of urea groups is 1. The number of rotatable bonds is 4. The predicted octanol–water partition coefficient (Wildman–Crippen LogP) is 1.02. The number of hydrogen-bond acceptors (Lipinski definition) is 6. The van der Waals surface area contributed by atoms with Gasteiger partial charge in [-0.1, -0.05) is 0 Å². The van der Waals surface area contributed by atoms with Gasteiger partial charge in [0.15, 0.2) is 5.82 Å². The fourth-order valence-corrected chi connectivity index (χ4v) is 4.26. The van der Waals surface area contributed by atoms with Gasteiger partial charge >= 0.3 is 6.03 Å². The Morgan fingerprint density at radius 2 is 2.11 bits per heavy atom. The molecule has 0 saturated carbocycles. The minimum Gasteiger partial charge on any atom is -0.379 e. The summed E-state index contributed by atoms with van der Waals surface area (Å²) in [6.45, 7) is 11.1. The maximum atomic E-state index is 12.8. The molecule has 1 aromatic heterocycles. The number of carbonyl (C=O) groups is 1. The fourth-order valence-electron chi connectivity index (χ4n) is 4.26. The summed E-state index contributed by atoms with van der Waals surface area (Å²) >= 11 is 0. The van der Waals surface area contributed by atoms with Gasteiger partial charge in [-0.05, 0) is 13.8 Å². The first-order valence-corrected chi connectivity index (χ1v) is 10.2. The molecule has 0 aromatic carbocycles. The number of carbonyl (C=O) groups excluding carboxylic acids is 1.